The molecule has 1 aromatic carbocycles. The lowest BCUT2D eigenvalue weighted by atomic mass is 10.2. The van der Waals surface area contributed by atoms with Crippen molar-refractivity contribution >= 4 is 23.3 Å². The summed E-state index contributed by atoms with van der Waals surface area (Å²) < 4.78 is 13.2. The van der Waals surface area contributed by atoms with Crippen LogP contribution in [-0.4, -0.2) is 15.9 Å². The molecule has 0 radical (unpaired) electrons. The molecule has 5 heteroatoms. The van der Waals surface area contributed by atoms with E-state index < -0.39 is 0 Å². The molecular formula is C9H7ClN2OS. The topological polar surface area (TPSA) is 35.0 Å². The summed E-state index contributed by atoms with van der Waals surface area (Å²) in [5.41, 5.74) is 1.72. The first-order chi connectivity index (χ1) is 6.81. The SMILES string of the molecule is COc1nsnc1-c1ccc(Cl)cc1. The Morgan fingerprint density at radius 2 is 1.93 bits per heavy atom. The monoisotopic (exact) mass is 226 g/mol. The predicted octanol–water partition coefficient (Wildman–Crippen LogP) is 2.87. The van der Waals surface area contributed by atoms with Crippen LogP contribution in [0.2, 0.25) is 5.02 Å². The van der Waals surface area contributed by atoms with Crippen LogP contribution in [0.5, 0.6) is 5.88 Å². The molecular weight excluding hydrogens is 220 g/mol. The molecule has 0 saturated heterocycles. The van der Waals surface area contributed by atoms with Gasteiger partial charge in [0, 0.05) is 10.6 Å². The van der Waals surface area contributed by atoms with E-state index in [1.807, 2.05) is 24.3 Å². The zero-order valence-corrected chi connectivity index (χ0v) is 8.97. The second kappa shape index (κ2) is 3.94. The minimum Gasteiger partial charge on any atom is -0.479 e. The van der Waals surface area contributed by atoms with Crippen molar-refractivity contribution < 1.29 is 4.74 Å². The molecule has 14 heavy (non-hydrogen) atoms. The van der Waals surface area contributed by atoms with Crippen LogP contribution in [0.3, 0.4) is 0 Å². The van der Waals surface area contributed by atoms with Gasteiger partial charge in [-0.25, -0.2) is 0 Å². The van der Waals surface area contributed by atoms with Crippen molar-refractivity contribution in [2.24, 2.45) is 0 Å². The number of methoxy groups -OCH3 is 1. The van der Waals surface area contributed by atoms with Crippen molar-refractivity contribution in [1.29, 1.82) is 0 Å². The maximum Gasteiger partial charge on any atom is 0.253 e. The summed E-state index contributed by atoms with van der Waals surface area (Å²) in [5, 5.41) is 0.705. The van der Waals surface area contributed by atoms with Gasteiger partial charge in [0.2, 0.25) is 0 Å². The Morgan fingerprint density at radius 3 is 2.57 bits per heavy atom. The number of aromatic nitrogens is 2. The second-order valence-electron chi connectivity index (χ2n) is 2.63. The molecule has 0 spiro atoms. The summed E-state index contributed by atoms with van der Waals surface area (Å²) in [6.07, 6.45) is 0. The lowest BCUT2D eigenvalue weighted by Gasteiger charge is -1.99. The van der Waals surface area contributed by atoms with Crippen LogP contribution in [0, 0.1) is 0 Å². The van der Waals surface area contributed by atoms with Gasteiger partial charge in [0.15, 0.2) is 0 Å². The Morgan fingerprint density at radius 1 is 1.21 bits per heavy atom. The first kappa shape index (κ1) is 9.43. The lowest BCUT2D eigenvalue weighted by molar-refractivity contribution is 0.403. The number of ether oxygens (including phenoxy) is 1. The molecule has 0 unspecified atom stereocenters. The maximum atomic E-state index is 5.78. The number of halogens is 1. The van der Waals surface area contributed by atoms with Gasteiger partial charge in [0.1, 0.15) is 5.69 Å². The van der Waals surface area contributed by atoms with Gasteiger partial charge < -0.3 is 4.74 Å². The lowest BCUT2D eigenvalue weighted by Crippen LogP contribution is -1.86. The maximum absolute atomic E-state index is 5.78. The van der Waals surface area contributed by atoms with Crippen molar-refractivity contribution in [3.8, 4) is 17.1 Å². The van der Waals surface area contributed by atoms with Gasteiger partial charge in [-0.15, -0.1) is 4.37 Å². The predicted molar refractivity (Wildman–Crippen MR) is 56.9 cm³/mol. The summed E-state index contributed by atoms with van der Waals surface area (Å²) >= 11 is 6.91. The molecule has 2 aromatic rings. The Kier molecular flexibility index (Phi) is 2.65. The number of nitrogens with zero attached hydrogens (tertiary/aromatic N) is 2. The summed E-state index contributed by atoms with van der Waals surface area (Å²) in [4.78, 5) is 0. The molecule has 1 heterocycles. The molecule has 0 atom stereocenters. The molecule has 0 aliphatic heterocycles. The van der Waals surface area contributed by atoms with Gasteiger partial charge in [-0.1, -0.05) is 23.7 Å². The Bertz CT molecular complexity index is 427. The van der Waals surface area contributed by atoms with Crippen LogP contribution in [0.15, 0.2) is 24.3 Å². The summed E-state index contributed by atoms with van der Waals surface area (Å²) in [7, 11) is 1.58. The summed E-state index contributed by atoms with van der Waals surface area (Å²) in [6.45, 7) is 0. The van der Waals surface area contributed by atoms with Crippen LogP contribution in [-0.2, 0) is 0 Å². The van der Waals surface area contributed by atoms with Gasteiger partial charge in [0.25, 0.3) is 5.88 Å². The van der Waals surface area contributed by atoms with Gasteiger partial charge in [-0.05, 0) is 12.1 Å². The largest absolute Gasteiger partial charge is 0.479 e. The first-order valence-corrected chi connectivity index (χ1v) is 5.04. The highest BCUT2D eigenvalue weighted by Gasteiger charge is 2.09. The molecule has 0 fully saturated rings. The number of rotatable bonds is 2. The average Bonchev–Trinajstić information content (AvgIpc) is 2.67. The Hall–Kier alpha value is -1.13. The molecule has 0 aliphatic carbocycles. The zero-order valence-electron chi connectivity index (χ0n) is 7.40. The highest BCUT2D eigenvalue weighted by atomic mass is 35.5. The van der Waals surface area contributed by atoms with E-state index in [1.165, 1.54) is 0 Å². The number of benzene rings is 1. The van der Waals surface area contributed by atoms with E-state index >= 15 is 0 Å². The van der Waals surface area contributed by atoms with E-state index in [1.54, 1.807) is 7.11 Å². The van der Waals surface area contributed by atoms with Crippen molar-refractivity contribution in [3.05, 3.63) is 29.3 Å². The van der Waals surface area contributed by atoms with E-state index in [2.05, 4.69) is 8.75 Å². The van der Waals surface area contributed by atoms with E-state index in [0.717, 1.165) is 23.0 Å². The minimum absolute atomic E-state index is 0.553. The van der Waals surface area contributed by atoms with Gasteiger partial charge in [-0.3, -0.25) is 0 Å². The molecule has 3 nitrogen and oxygen atoms in total. The van der Waals surface area contributed by atoms with E-state index in [4.69, 9.17) is 16.3 Å². The first-order valence-electron chi connectivity index (χ1n) is 3.94. The van der Waals surface area contributed by atoms with Crippen LogP contribution in [0.4, 0.5) is 0 Å². The average molecular weight is 227 g/mol. The highest BCUT2D eigenvalue weighted by Crippen LogP contribution is 2.28. The Balaban J connectivity index is 2.44. The Labute approximate surface area is 90.6 Å². The summed E-state index contributed by atoms with van der Waals surface area (Å²) in [6, 6.07) is 7.41. The van der Waals surface area contributed by atoms with E-state index in [0.29, 0.717) is 10.9 Å². The smallest absolute Gasteiger partial charge is 0.253 e. The molecule has 2 rings (SSSR count). The van der Waals surface area contributed by atoms with Crippen LogP contribution >= 0.6 is 23.3 Å². The van der Waals surface area contributed by atoms with Gasteiger partial charge >= 0.3 is 0 Å². The molecule has 1 aromatic heterocycles. The molecule has 0 amide bonds. The molecule has 0 aliphatic rings. The number of hydrogen-bond acceptors (Lipinski definition) is 4. The zero-order chi connectivity index (χ0) is 9.97. The molecule has 0 saturated carbocycles. The third kappa shape index (κ3) is 1.71. The third-order valence-electron chi connectivity index (χ3n) is 1.77. The van der Waals surface area contributed by atoms with Gasteiger partial charge in [0.05, 0.1) is 18.8 Å². The van der Waals surface area contributed by atoms with Crippen LogP contribution in [0.1, 0.15) is 0 Å². The van der Waals surface area contributed by atoms with E-state index in [-0.39, 0.29) is 0 Å². The fraction of sp³-hybridized carbons (Fsp3) is 0.111. The van der Waals surface area contributed by atoms with Crippen molar-refractivity contribution in [1.82, 2.24) is 8.75 Å². The molecule has 72 valence electrons. The van der Waals surface area contributed by atoms with Crippen LogP contribution < -0.4 is 4.74 Å². The number of hydrogen-bond donors (Lipinski definition) is 0. The fourth-order valence-corrected chi connectivity index (χ4v) is 1.77. The third-order valence-corrected chi connectivity index (χ3v) is 2.53. The van der Waals surface area contributed by atoms with Crippen molar-refractivity contribution in [3.63, 3.8) is 0 Å². The second-order valence-corrected chi connectivity index (χ2v) is 3.59. The normalized spacial score (nSPS) is 10.1. The van der Waals surface area contributed by atoms with Crippen molar-refractivity contribution in [2.45, 2.75) is 0 Å². The van der Waals surface area contributed by atoms with Crippen LogP contribution in [0.25, 0.3) is 11.3 Å². The highest BCUT2D eigenvalue weighted by molar-refractivity contribution is 6.99. The van der Waals surface area contributed by atoms with Crippen molar-refractivity contribution in [2.75, 3.05) is 7.11 Å². The molecule has 0 N–H and O–H groups in total. The quantitative estimate of drug-likeness (QED) is 0.790. The minimum atomic E-state index is 0.553. The summed E-state index contributed by atoms with van der Waals surface area (Å²) in [5.74, 6) is 0.553. The fourth-order valence-electron chi connectivity index (χ4n) is 1.10. The van der Waals surface area contributed by atoms with Gasteiger partial charge in [-0.2, -0.15) is 4.37 Å². The molecule has 0 bridgehead atoms. The standard InChI is InChI=1S/C9H7ClN2OS/c1-13-9-8(11-14-12-9)6-2-4-7(10)5-3-6/h2-5H,1H3. The van der Waals surface area contributed by atoms with E-state index in [9.17, 15) is 0 Å².